The van der Waals surface area contributed by atoms with E-state index in [1.54, 1.807) is 18.5 Å². The normalized spacial score (nSPS) is 11.3. The SMILES string of the molecule is CCOC(=O)Cn1ccsc1=NC(=O)c1ccc([N+](=O)[O-])cc1. The molecule has 0 atom stereocenters. The van der Waals surface area contributed by atoms with Gasteiger partial charge in [0.15, 0.2) is 4.80 Å². The first kappa shape index (κ1) is 16.6. The molecule has 0 fully saturated rings. The lowest BCUT2D eigenvalue weighted by Crippen LogP contribution is -2.22. The number of esters is 1. The number of thiazole rings is 1. The molecule has 1 aromatic heterocycles. The van der Waals surface area contributed by atoms with E-state index in [9.17, 15) is 19.7 Å². The first-order valence-corrected chi connectivity index (χ1v) is 7.52. The van der Waals surface area contributed by atoms with Gasteiger partial charge in [0.2, 0.25) is 0 Å². The Balaban J connectivity index is 2.21. The lowest BCUT2D eigenvalue weighted by atomic mass is 10.2. The average molecular weight is 335 g/mol. The van der Waals surface area contributed by atoms with E-state index >= 15 is 0 Å². The standard InChI is InChI=1S/C14H13N3O5S/c1-2-22-12(18)9-16-7-8-23-14(16)15-13(19)10-3-5-11(6-4-10)17(20)21/h3-8H,2,9H2,1H3. The molecular formula is C14H13N3O5S. The zero-order valence-corrected chi connectivity index (χ0v) is 13.0. The Kier molecular flexibility index (Phi) is 5.36. The highest BCUT2D eigenvalue weighted by Crippen LogP contribution is 2.12. The van der Waals surface area contributed by atoms with Crippen molar-refractivity contribution in [1.82, 2.24) is 4.57 Å². The molecule has 0 aliphatic heterocycles. The van der Waals surface area contributed by atoms with Crippen molar-refractivity contribution in [2.75, 3.05) is 6.61 Å². The zero-order valence-electron chi connectivity index (χ0n) is 12.2. The Labute approximate surface area is 134 Å². The highest BCUT2D eigenvalue weighted by atomic mass is 32.1. The number of nitrogens with zero attached hydrogens (tertiary/aromatic N) is 3. The number of hydrogen-bond donors (Lipinski definition) is 0. The molecule has 0 unspecified atom stereocenters. The van der Waals surface area contributed by atoms with Gasteiger partial charge < -0.3 is 9.30 Å². The Morgan fingerprint density at radius 1 is 1.35 bits per heavy atom. The zero-order chi connectivity index (χ0) is 16.8. The van der Waals surface area contributed by atoms with Crippen LogP contribution in [0.15, 0.2) is 40.8 Å². The third-order valence-electron chi connectivity index (χ3n) is 2.79. The van der Waals surface area contributed by atoms with Crippen molar-refractivity contribution in [1.29, 1.82) is 0 Å². The van der Waals surface area contributed by atoms with Crippen LogP contribution in [0, 0.1) is 10.1 Å². The van der Waals surface area contributed by atoms with E-state index in [0.29, 0.717) is 4.80 Å². The quantitative estimate of drug-likeness (QED) is 0.470. The molecule has 0 N–H and O–H groups in total. The Hall–Kier alpha value is -2.81. The summed E-state index contributed by atoms with van der Waals surface area (Å²) in [5.74, 6) is -0.963. The van der Waals surface area contributed by atoms with Gasteiger partial charge in [-0.25, -0.2) is 0 Å². The van der Waals surface area contributed by atoms with Crippen LogP contribution in [0.2, 0.25) is 0 Å². The predicted molar refractivity (Wildman–Crippen MR) is 81.9 cm³/mol. The molecule has 1 aromatic carbocycles. The second-order valence-electron chi connectivity index (χ2n) is 4.34. The number of nitro benzene ring substituents is 1. The van der Waals surface area contributed by atoms with E-state index in [1.165, 1.54) is 40.2 Å². The average Bonchev–Trinajstić information content (AvgIpc) is 2.94. The molecule has 0 saturated carbocycles. The molecule has 2 rings (SSSR count). The smallest absolute Gasteiger partial charge is 0.326 e. The molecule has 0 spiro atoms. The third-order valence-corrected chi connectivity index (χ3v) is 3.58. The molecule has 8 nitrogen and oxygen atoms in total. The Bertz CT molecular complexity index is 791. The number of nitro groups is 1. The van der Waals surface area contributed by atoms with Gasteiger partial charge in [0.05, 0.1) is 11.5 Å². The van der Waals surface area contributed by atoms with Crippen molar-refractivity contribution in [2.45, 2.75) is 13.5 Å². The van der Waals surface area contributed by atoms with Crippen molar-refractivity contribution in [3.05, 3.63) is 56.3 Å². The van der Waals surface area contributed by atoms with Gasteiger partial charge in [-0.1, -0.05) is 0 Å². The second-order valence-corrected chi connectivity index (χ2v) is 5.21. The highest BCUT2D eigenvalue weighted by molar-refractivity contribution is 7.07. The molecule has 23 heavy (non-hydrogen) atoms. The minimum absolute atomic E-state index is 0.0380. The Morgan fingerprint density at radius 2 is 2.04 bits per heavy atom. The molecule has 2 aromatic rings. The van der Waals surface area contributed by atoms with Crippen LogP contribution in [0.25, 0.3) is 0 Å². The molecule has 0 aliphatic carbocycles. The summed E-state index contributed by atoms with van der Waals surface area (Å²) in [5.41, 5.74) is 0.127. The minimum Gasteiger partial charge on any atom is -0.465 e. The predicted octanol–water partition coefficient (Wildman–Crippen LogP) is 1.76. The number of amides is 1. The minimum atomic E-state index is -0.544. The molecule has 9 heteroatoms. The van der Waals surface area contributed by atoms with Gasteiger partial charge in [0.1, 0.15) is 6.54 Å². The van der Waals surface area contributed by atoms with E-state index in [2.05, 4.69) is 4.99 Å². The van der Waals surface area contributed by atoms with Crippen LogP contribution in [-0.2, 0) is 16.1 Å². The molecule has 1 amide bonds. The summed E-state index contributed by atoms with van der Waals surface area (Å²) < 4.78 is 6.36. The van der Waals surface area contributed by atoms with Crippen LogP contribution in [0.1, 0.15) is 17.3 Å². The molecular weight excluding hydrogens is 322 g/mol. The molecule has 0 saturated heterocycles. The fourth-order valence-corrected chi connectivity index (χ4v) is 2.46. The van der Waals surface area contributed by atoms with Crippen LogP contribution in [-0.4, -0.2) is 28.0 Å². The van der Waals surface area contributed by atoms with Gasteiger partial charge in [-0.3, -0.25) is 19.7 Å². The summed E-state index contributed by atoms with van der Waals surface area (Å²) in [6.45, 7) is 1.95. The van der Waals surface area contributed by atoms with Crippen LogP contribution in [0.3, 0.4) is 0 Å². The maximum atomic E-state index is 12.1. The van der Waals surface area contributed by atoms with Crippen molar-refractivity contribution >= 4 is 28.9 Å². The van der Waals surface area contributed by atoms with Crippen LogP contribution in [0.4, 0.5) is 5.69 Å². The summed E-state index contributed by atoms with van der Waals surface area (Å²) >= 11 is 1.20. The summed E-state index contributed by atoms with van der Waals surface area (Å²) in [4.78, 5) is 37.9. The molecule has 1 heterocycles. The van der Waals surface area contributed by atoms with Crippen molar-refractivity contribution in [3.63, 3.8) is 0 Å². The number of hydrogen-bond acceptors (Lipinski definition) is 6. The van der Waals surface area contributed by atoms with E-state index < -0.39 is 16.8 Å². The highest BCUT2D eigenvalue weighted by Gasteiger charge is 2.10. The van der Waals surface area contributed by atoms with Gasteiger partial charge >= 0.3 is 5.97 Å². The maximum absolute atomic E-state index is 12.1. The van der Waals surface area contributed by atoms with E-state index in [1.807, 2.05) is 0 Å². The maximum Gasteiger partial charge on any atom is 0.326 e. The number of aromatic nitrogens is 1. The second kappa shape index (κ2) is 7.45. The van der Waals surface area contributed by atoms with Gasteiger partial charge in [-0.05, 0) is 19.1 Å². The van der Waals surface area contributed by atoms with Gasteiger partial charge in [-0.2, -0.15) is 4.99 Å². The lowest BCUT2D eigenvalue weighted by Gasteiger charge is -2.02. The number of non-ortho nitro benzene ring substituents is 1. The topological polar surface area (TPSA) is 104 Å². The molecule has 120 valence electrons. The first-order chi connectivity index (χ1) is 11.0. The van der Waals surface area contributed by atoms with Gasteiger partial charge in [0.25, 0.3) is 11.6 Å². The van der Waals surface area contributed by atoms with Gasteiger partial charge in [0, 0.05) is 29.3 Å². The largest absolute Gasteiger partial charge is 0.465 e. The summed E-state index contributed by atoms with van der Waals surface area (Å²) in [7, 11) is 0. The van der Waals surface area contributed by atoms with Crippen LogP contribution >= 0.6 is 11.3 Å². The van der Waals surface area contributed by atoms with Crippen molar-refractivity contribution in [2.24, 2.45) is 4.99 Å². The fourth-order valence-electron chi connectivity index (χ4n) is 1.73. The monoisotopic (exact) mass is 335 g/mol. The fraction of sp³-hybridized carbons (Fsp3) is 0.214. The van der Waals surface area contributed by atoms with E-state index in [4.69, 9.17) is 4.74 Å². The number of carbonyl (C=O) groups is 2. The van der Waals surface area contributed by atoms with E-state index in [0.717, 1.165) is 0 Å². The summed E-state index contributed by atoms with van der Waals surface area (Å²) in [5, 5.41) is 12.3. The molecule has 0 bridgehead atoms. The summed E-state index contributed by atoms with van der Waals surface area (Å²) in [6, 6.07) is 5.16. The van der Waals surface area contributed by atoms with E-state index in [-0.39, 0.29) is 24.4 Å². The van der Waals surface area contributed by atoms with Crippen molar-refractivity contribution < 1.29 is 19.2 Å². The summed E-state index contributed by atoms with van der Waals surface area (Å²) in [6.07, 6.45) is 1.63. The number of carbonyl (C=O) groups excluding carboxylic acids is 2. The van der Waals surface area contributed by atoms with Crippen molar-refractivity contribution in [3.8, 4) is 0 Å². The first-order valence-electron chi connectivity index (χ1n) is 6.64. The number of ether oxygens (including phenoxy) is 1. The number of benzene rings is 1. The van der Waals surface area contributed by atoms with Crippen LogP contribution in [0.5, 0.6) is 0 Å². The van der Waals surface area contributed by atoms with Gasteiger partial charge in [-0.15, -0.1) is 11.3 Å². The van der Waals surface area contributed by atoms with Crippen LogP contribution < -0.4 is 4.80 Å². The number of rotatable bonds is 5. The Morgan fingerprint density at radius 3 is 2.65 bits per heavy atom. The molecule has 0 aliphatic rings. The lowest BCUT2D eigenvalue weighted by molar-refractivity contribution is -0.384. The molecule has 0 radical (unpaired) electrons. The third kappa shape index (κ3) is 4.33.